The molecule has 2 aromatic rings. The molecule has 1 saturated carbocycles. The summed E-state index contributed by atoms with van der Waals surface area (Å²) in [5.74, 6) is 1.78. The topological polar surface area (TPSA) is 72.0 Å². The Morgan fingerprint density at radius 3 is 2.95 bits per heavy atom. The Morgan fingerprint density at radius 2 is 2.20 bits per heavy atom. The average molecular weight is 292 g/mol. The van der Waals surface area contributed by atoms with Crippen LogP contribution in [-0.2, 0) is 0 Å². The molecular weight excluding hydrogens is 278 g/mol. The van der Waals surface area contributed by atoms with Crippen molar-refractivity contribution in [3.05, 3.63) is 29.4 Å². The van der Waals surface area contributed by atoms with E-state index in [4.69, 9.17) is 16.3 Å². The van der Waals surface area contributed by atoms with Crippen molar-refractivity contribution in [2.75, 3.05) is 17.7 Å². The van der Waals surface area contributed by atoms with Crippen molar-refractivity contribution < 1.29 is 4.74 Å². The van der Waals surface area contributed by atoms with E-state index in [9.17, 15) is 0 Å². The molecule has 0 bridgehead atoms. The molecule has 1 fully saturated rings. The third-order valence-electron chi connectivity index (χ3n) is 2.90. The summed E-state index contributed by atoms with van der Waals surface area (Å²) in [6.45, 7) is 0. The lowest BCUT2D eigenvalue weighted by Crippen LogP contribution is -2.07. The highest BCUT2D eigenvalue weighted by Gasteiger charge is 2.21. The molecule has 20 heavy (non-hydrogen) atoms. The SMILES string of the molecule is COc1ccc(Cl)cc1Nc1nncc(NC2CC2)n1. The van der Waals surface area contributed by atoms with E-state index in [1.165, 1.54) is 12.8 Å². The van der Waals surface area contributed by atoms with Gasteiger partial charge in [0.25, 0.3) is 0 Å². The molecule has 2 N–H and O–H groups in total. The fourth-order valence-electron chi connectivity index (χ4n) is 1.76. The number of benzene rings is 1. The number of hydrogen-bond acceptors (Lipinski definition) is 6. The van der Waals surface area contributed by atoms with E-state index in [1.54, 1.807) is 31.5 Å². The first-order chi connectivity index (χ1) is 9.74. The fraction of sp³-hybridized carbons (Fsp3) is 0.308. The Bertz CT molecular complexity index is 617. The largest absolute Gasteiger partial charge is 0.495 e. The maximum absolute atomic E-state index is 5.98. The number of anilines is 3. The number of halogens is 1. The summed E-state index contributed by atoms with van der Waals surface area (Å²) in [7, 11) is 1.60. The molecule has 0 unspecified atom stereocenters. The molecule has 1 aliphatic rings. The summed E-state index contributed by atoms with van der Waals surface area (Å²) in [6.07, 6.45) is 3.96. The molecule has 1 heterocycles. The molecule has 104 valence electrons. The maximum Gasteiger partial charge on any atom is 0.249 e. The predicted molar refractivity (Wildman–Crippen MR) is 77.8 cm³/mol. The number of nitrogens with zero attached hydrogens (tertiary/aromatic N) is 3. The standard InChI is InChI=1S/C13H14ClN5O/c1-20-11-5-2-8(14)6-10(11)17-13-18-12(7-15-19-13)16-9-3-4-9/h2,5-7,9H,3-4H2,1H3,(H2,16,17,18,19). The molecule has 6 nitrogen and oxygen atoms in total. The minimum Gasteiger partial charge on any atom is -0.495 e. The maximum atomic E-state index is 5.98. The van der Waals surface area contributed by atoms with E-state index in [0.717, 1.165) is 0 Å². The van der Waals surface area contributed by atoms with Gasteiger partial charge in [0, 0.05) is 11.1 Å². The summed E-state index contributed by atoms with van der Waals surface area (Å²) in [5.41, 5.74) is 0.699. The van der Waals surface area contributed by atoms with Gasteiger partial charge < -0.3 is 15.4 Å². The molecule has 0 saturated heterocycles. The summed E-state index contributed by atoms with van der Waals surface area (Å²) in [5, 5.41) is 14.8. The second kappa shape index (κ2) is 5.50. The van der Waals surface area contributed by atoms with Gasteiger partial charge in [0.05, 0.1) is 19.0 Å². The van der Waals surface area contributed by atoms with Gasteiger partial charge in [0.15, 0.2) is 5.82 Å². The number of nitrogens with one attached hydrogen (secondary N) is 2. The zero-order valence-corrected chi connectivity index (χ0v) is 11.7. The lowest BCUT2D eigenvalue weighted by molar-refractivity contribution is 0.417. The quantitative estimate of drug-likeness (QED) is 0.882. The van der Waals surface area contributed by atoms with Crippen LogP contribution in [0.2, 0.25) is 5.02 Å². The highest BCUT2D eigenvalue weighted by molar-refractivity contribution is 6.30. The van der Waals surface area contributed by atoms with E-state index in [1.807, 2.05) is 0 Å². The van der Waals surface area contributed by atoms with Crippen molar-refractivity contribution >= 4 is 29.1 Å². The number of methoxy groups -OCH3 is 1. The van der Waals surface area contributed by atoms with Crippen molar-refractivity contribution in [2.45, 2.75) is 18.9 Å². The van der Waals surface area contributed by atoms with Crippen molar-refractivity contribution in [2.24, 2.45) is 0 Å². The van der Waals surface area contributed by atoms with E-state index in [0.29, 0.717) is 34.3 Å². The molecule has 1 aliphatic carbocycles. The average Bonchev–Trinajstić information content (AvgIpc) is 3.23. The zero-order chi connectivity index (χ0) is 13.9. The lowest BCUT2D eigenvalue weighted by Gasteiger charge is -2.10. The van der Waals surface area contributed by atoms with E-state index >= 15 is 0 Å². The summed E-state index contributed by atoms with van der Waals surface area (Å²) in [4.78, 5) is 4.36. The molecule has 0 spiro atoms. The number of hydrogen-bond donors (Lipinski definition) is 2. The normalized spacial score (nSPS) is 13.9. The first-order valence-corrected chi connectivity index (χ1v) is 6.69. The van der Waals surface area contributed by atoms with Crippen LogP contribution in [0, 0.1) is 0 Å². The molecule has 0 radical (unpaired) electrons. The molecular formula is C13H14ClN5O. The number of rotatable bonds is 5. The van der Waals surface area contributed by atoms with Crippen LogP contribution in [0.15, 0.2) is 24.4 Å². The van der Waals surface area contributed by atoms with Crippen LogP contribution in [0.3, 0.4) is 0 Å². The van der Waals surface area contributed by atoms with Crippen LogP contribution < -0.4 is 15.4 Å². The van der Waals surface area contributed by atoms with Crippen LogP contribution in [0.1, 0.15) is 12.8 Å². The highest BCUT2D eigenvalue weighted by Crippen LogP contribution is 2.29. The Hall–Kier alpha value is -2.08. The first-order valence-electron chi connectivity index (χ1n) is 6.31. The minimum atomic E-state index is 0.399. The van der Waals surface area contributed by atoms with Crippen molar-refractivity contribution in [3.63, 3.8) is 0 Å². The number of ether oxygens (including phenoxy) is 1. The Kier molecular flexibility index (Phi) is 3.56. The van der Waals surface area contributed by atoms with Crippen LogP contribution in [0.4, 0.5) is 17.5 Å². The fourth-order valence-corrected chi connectivity index (χ4v) is 1.93. The number of aromatic nitrogens is 3. The van der Waals surface area contributed by atoms with Crippen LogP contribution >= 0.6 is 11.6 Å². The van der Waals surface area contributed by atoms with Gasteiger partial charge in [-0.1, -0.05) is 11.6 Å². The van der Waals surface area contributed by atoms with E-state index in [2.05, 4.69) is 25.8 Å². The third kappa shape index (κ3) is 3.08. The zero-order valence-electron chi connectivity index (χ0n) is 10.9. The smallest absolute Gasteiger partial charge is 0.249 e. The molecule has 1 aromatic carbocycles. The lowest BCUT2D eigenvalue weighted by atomic mass is 10.3. The van der Waals surface area contributed by atoms with Gasteiger partial charge in [0.2, 0.25) is 5.95 Å². The molecule has 0 aliphatic heterocycles. The summed E-state index contributed by atoms with van der Waals surface area (Å²) < 4.78 is 5.26. The Balaban J connectivity index is 1.81. The van der Waals surface area contributed by atoms with Gasteiger partial charge in [-0.3, -0.25) is 0 Å². The van der Waals surface area contributed by atoms with Gasteiger partial charge >= 0.3 is 0 Å². The van der Waals surface area contributed by atoms with Crippen LogP contribution in [0.5, 0.6) is 5.75 Å². The molecule has 1 aromatic heterocycles. The third-order valence-corrected chi connectivity index (χ3v) is 3.13. The van der Waals surface area contributed by atoms with Crippen LogP contribution in [-0.4, -0.2) is 28.3 Å². The van der Waals surface area contributed by atoms with Crippen molar-refractivity contribution in [1.82, 2.24) is 15.2 Å². The Labute approximate surface area is 121 Å². The second-order valence-electron chi connectivity index (χ2n) is 4.55. The van der Waals surface area contributed by atoms with Gasteiger partial charge in [-0.15, -0.1) is 5.10 Å². The van der Waals surface area contributed by atoms with Crippen molar-refractivity contribution in [3.8, 4) is 5.75 Å². The first kappa shape index (κ1) is 12.9. The summed E-state index contributed by atoms with van der Waals surface area (Å²) >= 11 is 5.98. The van der Waals surface area contributed by atoms with Gasteiger partial charge in [-0.2, -0.15) is 10.1 Å². The monoisotopic (exact) mass is 291 g/mol. The molecule has 3 rings (SSSR count). The molecule has 0 atom stereocenters. The van der Waals surface area contributed by atoms with E-state index in [-0.39, 0.29) is 0 Å². The van der Waals surface area contributed by atoms with Gasteiger partial charge in [-0.25, -0.2) is 0 Å². The minimum absolute atomic E-state index is 0.399. The molecule has 7 heteroatoms. The Morgan fingerprint density at radius 1 is 1.35 bits per heavy atom. The summed E-state index contributed by atoms with van der Waals surface area (Å²) in [6, 6.07) is 5.81. The van der Waals surface area contributed by atoms with Crippen molar-refractivity contribution in [1.29, 1.82) is 0 Å². The van der Waals surface area contributed by atoms with Gasteiger partial charge in [-0.05, 0) is 31.0 Å². The molecule has 0 amide bonds. The van der Waals surface area contributed by atoms with Gasteiger partial charge in [0.1, 0.15) is 5.75 Å². The second-order valence-corrected chi connectivity index (χ2v) is 4.99. The predicted octanol–water partition coefficient (Wildman–Crippen LogP) is 2.85. The van der Waals surface area contributed by atoms with E-state index < -0.39 is 0 Å². The highest BCUT2D eigenvalue weighted by atomic mass is 35.5. The van der Waals surface area contributed by atoms with Crippen LogP contribution in [0.25, 0.3) is 0 Å².